The summed E-state index contributed by atoms with van der Waals surface area (Å²) in [5.74, 6) is 0.504. The summed E-state index contributed by atoms with van der Waals surface area (Å²) in [7, 11) is 0. The van der Waals surface area contributed by atoms with Gasteiger partial charge in [0.1, 0.15) is 12.0 Å². The first kappa shape index (κ1) is 8.49. The van der Waals surface area contributed by atoms with Crippen molar-refractivity contribution in [3.8, 4) is 0 Å². The first-order valence-corrected chi connectivity index (χ1v) is 3.38. The lowest BCUT2D eigenvalue weighted by Crippen LogP contribution is -2.34. The van der Waals surface area contributed by atoms with Gasteiger partial charge in [0.2, 0.25) is 0 Å². The Hall–Kier alpha value is -1.61. The monoisotopic (exact) mass is 169 g/mol. The number of hydrogen-bond acceptors (Lipinski definition) is 4. The molecular weight excluding hydrogens is 162 g/mol. The van der Waals surface area contributed by atoms with Gasteiger partial charge in [0.25, 0.3) is 0 Å². The number of esters is 1. The first-order chi connectivity index (χ1) is 5.65. The lowest BCUT2D eigenvalue weighted by atomic mass is 10.0. The third kappa shape index (κ3) is 1.52. The molecule has 0 spiro atoms. The number of cyclic esters (lactones) is 2. The number of nitrogens with one attached hydrogen (secondary N) is 1. The van der Waals surface area contributed by atoms with E-state index in [-0.39, 0.29) is 5.92 Å². The van der Waals surface area contributed by atoms with Gasteiger partial charge in [0, 0.05) is 12.0 Å². The molecule has 5 heteroatoms. The largest absolute Gasteiger partial charge is 0.415 e. The summed E-state index contributed by atoms with van der Waals surface area (Å²) in [6.07, 6.45) is 0.397. The van der Waals surface area contributed by atoms with Crippen molar-refractivity contribution in [2.75, 3.05) is 0 Å². The molecule has 1 amide bonds. The van der Waals surface area contributed by atoms with Gasteiger partial charge in [-0.15, -0.1) is 0 Å². The highest BCUT2D eigenvalue weighted by Crippen LogP contribution is 2.10. The molecule has 5 nitrogen and oxygen atoms in total. The van der Waals surface area contributed by atoms with Gasteiger partial charge < -0.3 is 10.1 Å². The van der Waals surface area contributed by atoms with Crippen molar-refractivity contribution in [2.24, 2.45) is 5.92 Å². The molecule has 2 unspecified atom stereocenters. The molecule has 0 aromatic heterocycles. The molecule has 1 fully saturated rings. The number of hydrogen-bond donors (Lipinski definition) is 1. The van der Waals surface area contributed by atoms with E-state index < -0.39 is 18.1 Å². The molecule has 1 saturated heterocycles. The quantitative estimate of drug-likeness (QED) is 0.348. The van der Waals surface area contributed by atoms with E-state index in [2.05, 4.69) is 10.1 Å². The standard InChI is InChI=1S/C7H7NO4/c1-4(2-3-9)5-6(10)12-7(11)8-5/h2,4-5H,1H3,(H,8,11). The van der Waals surface area contributed by atoms with Crippen LogP contribution in [-0.4, -0.2) is 24.0 Å². The van der Waals surface area contributed by atoms with Gasteiger partial charge >= 0.3 is 12.1 Å². The topological polar surface area (TPSA) is 72.5 Å². The molecule has 0 aromatic carbocycles. The Morgan fingerprint density at radius 1 is 1.67 bits per heavy atom. The number of alkyl carbamates (subject to hydrolysis) is 1. The third-order valence-corrected chi connectivity index (χ3v) is 1.58. The van der Waals surface area contributed by atoms with E-state index in [4.69, 9.17) is 0 Å². The van der Waals surface area contributed by atoms with Crippen molar-refractivity contribution in [3.63, 3.8) is 0 Å². The van der Waals surface area contributed by atoms with Gasteiger partial charge in [0.05, 0.1) is 0 Å². The molecule has 0 aromatic rings. The lowest BCUT2D eigenvalue weighted by molar-refractivity contribution is -0.135. The summed E-state index contributed by atoms with van der Waals surface area (Å²) in [4.78, 5) is 31.3. The Balaban J connectivity index is 2.69. The number of ether oxygens (including phenoxy) is 1. The van der Waals surface area contributed by atoms with Gasteiger partial charge in [-0.2, -0.15) is 0 Å². The molecule has 0 aliphatic carbocycles. The fraction of sp³-hybridized carbons (Fsp3) is 0.429. The number of carbonyl (C=O) groups is 2. The van der Waals surface area contributed by atoms with Crippen LogP contribution in [0.2, 0.25) is 0 Å². The second-order valence-corrected chi connectivity index (χ2v) is 2.47. The van der Waals surface area contributed by atoms with E-state index in [0.29, 0.717) is 0 Å². The third-order valence-electron chi connectivity index (χ3n) is 1.58. The predicted octanol–water partition coefficient (Wildman–Crippen LogP) is -0.355. The zero-order chi connectivity index (χ0) is 9.14. The Bertz CT molecular complexity index is 267. The van der Waals surface area contributed by atoms with Crippen molar-refractivity contribution >= 4 is 18.0 Å². The molecule has 1 heterocycles. The van der Waals surface area contributed by atoms with E-state index in [9.17, 15) is 14.4 Å². The van der Waals surface area contributed by atoms with Gasteiger partial charge in [-0.3, -0.25) is 0 Å². The molecule has 0 saturated carbocycles. The zero-order valence-electron chi connectivity index (χ0n) is 6.37. The zero-order valence-corrected chi connectivity index (χ0v) is 6.37. The van der Waals surface area contributed by atoms with Gasteiger partial charge in [-0.1, -0.05) is 6.92 Å². The first-order valence-electron chi connectivity index (χ1n) is 3.38. The molecule has 2 atom stereocenters. The minimum absolute atomic E-state index is 0.388. The van der Waals surface area contributed by atoms with E-state index in [1.54, 1.807) is 12.9 Å². The Morgan fingerprint density at radius 2 is 2.33 bits per heavy atom. The lowest BCUT2D eigenvalue weighted by Gasteiger charge is -2.07. The fourth-order valence-electron chi connectivity index (χ4n) is 0.920. The average molecular weight is 169 g/mol. The summed E-state index contributed by atoms with van der Waals surface area (Å²) in [5.41, 5.74) is 0. The van der Waals surface area contributed by atoms with Crippen molar-refractivity contribution in [1.82, 2.24) is 5.32 Å². The van der Waals surface area contributed by atoms with Crippen LogP contribution >= 0.6 is 0 Å². The van der Waals surface area contributed by atoms with Crippen molar-refractivity contribution in [3.05, 3.63) is 6.08 Å². The average Bonchev–Trinajstić information content (AvgIpc) is 2.30. The number of amides is 1. The van der Waals surface area contributed by atoms with E-state index in [0.717, 1.165) is 6.08 Å². The molecule has 1 rings (SSSR count). The van der Waals surface area contributed by atoms with Crippen LogP contribution in [0.3, 0.4) is 0 Å². The van der Waals surface area contributed by atoms with E-state index in [1.807, 2.05) is 0 Å². The fourth-order valence-corrected chi connectivity index (χ4v) is 0.920. The number of carbonyl (C=O) groups excluding carboxylic acids is 3. The van der Waals surface area contributed by atoms with Crippen molar-refractivity contribution < 1.29 is 19.1 Å². The second kappa shape index (κ2) is 3.19. The Morgan fingerprint density at radius 3 is 2.75 bits per heavy atom. The summed E-state index contributed by atoms with van der Waals surface area (Å²) in [6.45, 7) is 1.61. The van der Waals surface area contributed by atoms with Gasteiger partial charge in [0.15, 0.2) is 0 Å². The van der Waals surface area contributed by atoms with Crippen LogP contribution in [0, 0.1) is 5.92 Å². The Labute approximate surface area is 68.4 Å². The highest BCUT2D eigenvalue weighted by Gasteiger charge is 2.35. The molecule has 1 aliphatic rings. The predicted molar refractivity (Wildman–Crippen MR) is 37.8 cm³/mol. The van der Waals surface area contributed by atoms with E-state index >= 15 is 0 Å². The van der Waals surface area contributed by atoms with Crippen molar-refractivity contribution in [1.29, 1.82) is 0 Å². The molecule has 0 bridgehead atoms. The van der Waals surface area contributed by atoms with E-state index in [1.165, 1.54) is 0 Å². The van der Waals surface area contributed by atoms with Crippen LogP contribution in [0.4, 0.5) is 4.79 Å². The van der Waals surface area contributed by atoms with Crippen LogP contribution in [0.5, 0.6) is 0 Å². The molecule has 1 aliphatic heterocycles. The summed E-state index contributed by atoms with van der Waals surface area (Å²) in [5, 5.41) is 2.27. The highest BCUT2D eigenvalue weighted by molar-refractivity contribution is 5.95. The minimum Gasteiger partial charge on any atom is -0.375 e. The van der Waals surface area contributed by atoms with Crippen LogP contribution in [0.15, 0.2) is 6.08 Å². The normalized spacial score (nSPS) is 23.9. The van der Waals surface area contributed by atoms with Crippen LogP contribution < -0.4 is 5.32 Å². The highest BCUT2D eigenvalue weighted by atomic mass is 16.6. The SMILES string of the molecule is CC(C=C=O)C1NC(=O)OC1=O. The Kier molecular flexibility index (Phi) is 2.26. The maximum Gasteiger partial charge on any atom is 0.415 e. The molecule has 12 heavy (non-hydrogen) atoms. The van der Waals surface area contributed by atoms with Crippen LogP contribution in [-0.2, 0) is 14.3 Å². The second-order valence-electron chi connectivity index (χ2n) is 2.47. The number of rotatable bonds is 2. The van der Waals surface area contributed by atoms with Crippen molar-refractivity contribution in [2.45, 2.75) is 13.0 Å². The molecular formula is C7H7NO4. The summed E-state index contributed by atoms with van der Waals surface area (Å²) < 4.78 is 4.20. The maximum absolute atomic E-state index is 10.8. The molecule has 64 valence electrons. The minimum atomic E-state index is -0.767. The summed E-state index contributed by atoms with van der Waals surface area (Å²) >= 11 is 0. The molecule has 0 radical (unpaired) electrons. The van der Waals surface area contributed by atoms with Gasteiger partial charge in [-0.25, -0.2) is 14.4 Å². The van der Waals surface area contributed by atoms with Gasteiger partial charge in [-0.05, 0) is 0 Å². The maximum atomic E-state index is 10.8. The van der Waals surface area contributed by atoms with Crippen LogP contribution in [0.25, 0.3) is 0 Å². The smallest absolute Gasteiger partial charge is 0.375 e. The van der Waals surface area contributed by atoms with Crippen LogP contribution in [0.1, 0.15) is 6.92 Å². The molecule has 1 N–H and O–H groups in total. The summed E-state index contributed by atoms with van der Waals surface area (Å²) in [6, 6.07) is -0.751.